The fraction of sp³-hybridized carbons (Fsp3) is 0.300. The monoisotopic (exact) mass is 273 g/mol. The summed E-state index contributed by atoms with van der Waals surface area (Å²) in [6, 6.07) is 4.68. The smallest absolute Gasteiger partial charge is 0.257 e. The normalized spacial score (nSPS) is 10.1. The lowest BCUT2D eigenvalue weighted by Crippen LogP contribution is -2.29. The van der Waals surface area contributed by atoms with Gasteiger partial charge in [-0.15, -0.1) is 0 Å². The number of amides is 1. The Bertz CT molecular complexity index is 368. The van der Waals surface area contributed by atoms with Crippen LogP contribution < -0.4 is 0 Å². The van der Waals surface area contributed by atoms with Crippen molar-refractivity contribution in [3.05, 3.63) is 28.2 Å². The first-order chi connectivity index (χ1) is 7.06. The summed E-state index contributed by atoms with van der Waals surface area (Å²) in [5.74, 6) is -0.381. The molecule has 0 saturated carbocycles. The molecule has 0 aromatic heterocycles. The Morgan fingerprint density at radius 3 is 2.73 bits per heavy atom. The molecule has 0 bridgehead atoms. The van der Waals surface area contributed by atoms with E-state index in [1.165, 1.54) is 17.0 Å². The minimum atomic E-state index is -0.311. The molecule has 15 heavy (non-hydrogen) atoms. The zero-order valence-electron chi connectivity index (χ0n) is 8.27. The first kappa shape index (κ1) is 12.0. The number of aliphatic hydroxyl groups excluding tert-OH is 1. The van der Waals surface area contributed by atoms with Crippen LogP contribution in [0.25, 0.3) is 0 Å². The number of hydrogen-bond donors (Lipinski definition) is 2. The summed E-state index contributed by atoms with van der Waals surface area (Å²) in [5.41, 5.74) is 0.231. The highest BCUT2D eigenvalue weighted by atomic mass is 79.9. The number of hydrogen-bond acceptors (Lipinski definition) is 3. The van der Waals surface area contributed by atoms with E-state index >= 15 is 0 Å². The van der Waals surface area contributed by atoms with E-state index in [2.05, 4.69) is 15.9 Å². The molecule has 0 aliphatic rings. The molecule has 0 unspecified atom stereocenters. The third-order valence-electron chi connectivity index (χ3n) is 1.97. The van der Waals surface area contributed by atoms with Gasteiger partial charge in [0.1, 0.15) is 5.75 Å². The van der Waals surface area contributed by atoms with Crippen LogP contribution in [0.3, 0.4) is 0 Å². The molecule has 82 valence electrons. The summed E-state index contributed by atoms with van der Waals surface area (Å²) in [6.45, 7) is 0.147. The molecule has 1 aromatic rings. The van der Waals surface area contributed by atoms with E-state index in [9.17, 15) is 9.90 Å². The average Bonchev–Trinajstić information content (AvgIpc) is 2.17. The van der Waals surface area contributed by atoms with E-state index in [0.717, 1.165) is 0 Å². The number of phenols is 1. The van der Waals surface area contributed by atoms with Crippen LogP contribution in [0.1, 0.15) is 10.4 Å². The summed E-state index contributed by atoms with van der Waals surface area (Å²) in [6.07, 6.45) is 0. The topological polar surface area (TPSA) is 60.8 Å². The Labute approximate surface area is 96.3 Å². The van der Waals surface area contributed by atoms with Crippen LogP contribution in [0.15, 0.2) is 22.7 Å². The number of rotatable bonds is 3. The molecule has 0 radical (unpaired) electrons. The fourth-order valence-electron chi connectivity index (χ4n) is 1.14. The number of carbonyl (C=O) groups excluding carboxylic acids is 1. The Kier molecular flexibility index (Phi) is 4.11. The van der Waals surface area contributed by atoms with E-state index in [-0.39, 0.29) is 30.4 Å². The van der Waals surface area contributed by atoms with Gasteiger partial charge in [-0.25, -0.2) is 0 Å². The van der Waals surface area contributed by atoms with Gasteiger partial charge in [0.25, 0.3) is 5.91 Å². The van der Waals surface area contributed by atoms with Crippen LogP contribution in [-0.2, 0) is 0 Å². The molecule has 0 saturated heterocycles. The molecule has 0 fully saturated rings. The lowest BCUT2D eigenvalue weighted by Gasteiger charge is -2.16. The Morgan fingerprint density at radius 1 is 1.53 bits per heavy atom. The molecule has 0 atom stereocenters. The van der Waals surface area contributed by atoms with Crippen molar-refractivity contribution in [3.8, 4) is 5.75 Å². The van der Waals surface area contributed by atoms with E-state index < -0.39 is 0 Å². The molecule has 5 heteroatoms. The predicted molar refractivity (Wildman–Crippen MR) is 59.9 cm³/mol. The van der Waals surface area contributed by atoms with Crippen LogP contribution in [0.4, 0.5) is 0 Å². The van der Waals surface area contributed by atoms with Gasteiger partial charge in [-0.05, 0) is 18.2 Å². The van der Waals surface area contributed by atoms with Crippen molar-refractivity contribution in [1.29, 1.82) is 0 Å². The second-order valence-corrected chi connectivity index (χ2v) is 4.03. The second-order valence-electron chi connectivity index (χ2n) is 3.11. The van der Waals surface area contributed by atoms with E-state index in [4.69, 9.17) is 5.11 Å². The molecular formula is C10H12BrNO3. The Hall–Kier alpha value is -1.07. The van der Waals surface area contributed by atoms with Gasteiger partial charge in [0.05, 0.1) is 12.2 Å². The predicted octanol–water partition coefficient (Wildman–Crippen LogP) is 1.22. The summed E-state index contributed by atoms with van der Waals surface area (Å²) < 4.78 is 0.710. The van der Waals surface area contributed by atoms with E-state index in [1.807, 2.05) is 0 Å². The molecule has 0 aliphatic heterocycles. The fourth-order valence-corrected chi connectivity index (χ4v) is 1.49. The highest BCUT2D eigenvalue weighted by Gasteiger charge is 2.15. The number of carbonyl (C=O) groups is 1. The molecule has 0 spiro atoms. The number of phenolic OH excluding ortho intramolecular Hbond substituents is 1. The van der Waals surface area contributed by atoms with Crippen molar-refractivity contribution in [1.82, 2.24) is 4.90 Å². The zero-order valence-corrected chi connectivity index (χ0v) is 9.86. The largest absolute Gasteiger partial charge is 0.507 e. The zero-order chi connectivity index (χ0) is 11.4. The molecule has 1 rings (SSSR count). The quantitative estimate of drug-likeness (QED) is 0.871. The van der Waals surface area contributed by atoms with Crippen molar-refractivity contribution in [2.24, 2.45) is 0 Å². The first-order valence-corrected chi connectivity index (χ1v) is 5.20. The summed E-state index contributed by atoms with van der Waals surface area (Å²) >= 11 is 3.19. The lowest BCUT2D eigenvalue weighted by molar-refractivity contribution is 0.0764. The number of halogens is 1. The molecule has 1 amide bonds. The molecule has 4 nitrogen and oxygen atoms in total. The minimum absolute atomic E-state index is 0.0702. The number of likely N-dealkylation sites (N-methyl/N-ethyl adjacent to an activating group) is 1. The van der Waals surface area contributed by atoms with Crippen molar-refractivity contribution in [2.45, 2.75) is 0 Å². The number of benzene rings is 1. The highest BCUT2D eigenvalue weighted by Crippen LogP contribution is 2.23. The standard InChI is InChI=1S/C10H12BrNO3/c1-12(4-5-13)10(15)8-3-2-7(11)6-9(8)14/h2-3,6,13-14H,4-5H2,1H3. The number of aliphatic hydroxyl groups is 1. The van der Waals surface area contributed by atoms with Crippen LogP contribution in [0, 0.1) is 0 Å². The maximum absolute atomic E-state index is 11.7. The maximum Gasteiger partial charge on any atom is 0.257 e. The maximum atomic E-state index is 11.7. The molecule has 1 aromatic carbocycles. The van der Waals surface area contributed by atoms with Crippen LogP contribution >= 0.6 is 15.9 Å². The third-order valence-corrected chi connectivity index (χ3v) is 2.47. The van der Waals surface area contributed by atoms with Crippen molar-refractivity contribution < 1.29 is 15.0 Å². The van der Waals surface area contributed by atoms with Crippen LogP contribution in [-0.4, -0.2) is 41.2 Å². The van der Waals surface area contributed by atoms with Crippen molar-refractivity contribution in [2.75, 3.05) is 20.2 Å². The van der Waals surface area contributed by atoms with Gasteiger partial charge >= 0.3 is 0 Å². The highest BCUT2D eigenvalue weighted by molar-refractivity contribution is 9.10. The van der Waals surface area contributed by atoms with Crippen molar-refractivity contribution in [3.63, 3.8) is 0 Å². The van der Waals surface area contributed by atoms with Gasteiger partial charge in [-0.3, -0.25) is 4.79 Å². The lowest BCUT2D eigenvalue weighted by atomic mass is 10.2. The van der Waals surface area contributed by atoms with Crippen LogP contribution in [0.2, 0.25) is 0 Å². The van der Waals surface area contributed by atoms with E-state index in [0.29, 0.717) is 4.47 Å². The number of aromatic hydroxyl groups is 1. The summed E-state index contributed by atoms with van der Waals surface area (Å²) in [7, 11) is 1.57. The van der Waals surface area contributed by atoms with Gasteiger partial charge in [0.15, 0.2) is 0 Å². The molecule has 0 aliphatic carbocycles. The minimum Gasteiger partial charge on any atom is -0.507 e. The van der Waals surface area contributed by atoms with Crippen LogP contribution in [0.5, 0.6) is 5.75 Å². The first-order valence-electron chi connectivity index (χ1n) is 4.41. The van der Waals surface area contributed by atoms with Crippen molar-refractivity contribution >= 4 is 21.8 Å². The van der Waals surface area contributed by atoms with Gasteiger partial charge < -0.3 is 15.1 Å². The summed E-state index contributed by atoms with van der Waals surface area (Å²) in [5, 5.41) is 18.2. The van der Waals surface area contributed by atoms with E-state index in [1.54, 1.807) is 13.1 Å². The summed E-state index contributed by atoms with van der Waals surface area (Å²) in [4.78, 5) is 13.1. The molecule has 2 N–H and O–H groups in total. The SMILES string of the molecule is CN(CCO)C(=O)c1ccc(Br)cc1O. The third kappa shape index (κ3) is 2.94. The number of nitrogens with zero attached hydrogens (tertiary/aromatic N) is 1. The Balaban J connectivity index is 2.91. The van der Waals surface area contributed by atoms with Gasteiger partial charge in [0, 0.05) is 18.1 Å². The Morgan fingerprint density at radius 2 is 2.20 bits per heavy atom. The molecular weight excluding hydrogens is 262 g/mol. The van der Waals surface area contributed by atoms with Gasteiger partial charge in [-0.1, -0.05) is 15.9 Å². The van der Waals surface area contributed by atoms with Gasteiger partial charge in [-0.2, -0.15) is 0 Å². The average molecular weight is 274 g/mol. The second kappa shape index (κ2) is 5.14. The van der Waals surface area contributed by atoms with Gasteiger partial charge in [0.2, 0.25) is 0 Å². The molecule has 0 heterocycles.